The zero-order valence-electron chi connectivity index (χ0n) is 9.71. The topological polar surface area (TPSA) is 60.5 Å². The molecule has 0 bridgehead atoms. The molecule has 0 aromatic carbocycles. The highest BCUT2D eigenvalue weighted by Gasteiger charge is 2.60. The summed E-state index contributed by atoms with van der Waals surface area (Å²) < 4.78 is 22.8. The molecule has 4 aliphatic rings. The fourth-order valence-corrected chi connectivity index (χ4v) is 3.25. The van der Waals surface area contributed by atoms with Crippen molar-refractivity contribution in [3.63, 3.8) is 0 Å². The zero-order chi connectivity index (χ0) is 11.5. The molecule has 1 N–H and O–H groups in total. The maximum atomic E-state index is 10.2. The van der Waals surface area contributed by atoms with E-state index in [1.54, 1.807) is 0 Å². The fraction of sp³-hybridized carbons (Fsp3) is 1.00. The summed E-state index contributed by atoms with van der Waals surface area (Å²) in [6, 6.07) is 0. The van der Waals surface area contributed by atoms with Crippen LogP contribution in [0.3, 0.4) is 0 Å². The molecule has 3 heterocycles. The van der Waals surface area contributed by atoms with Crippen LogP contribution in [-0.4, -0.2) is 48.2 Å². The van der Waals surface area contributed by atoms with Gasteiger partial charge in [-0.3, -0.25) is 0 Å². The minimum atomic E-state index is -0.617. The predicted molar refractivity (Wildman–Crippen MR) is 56.2 cm³/mol. The van der Waals surface area contributed by atoms with Crippen molar-refractivity contribution in [3.05, 3.63) is 0 Å². The van der Waals surface area contributed by atoms with Crippen LogP contribution in [0.25, 0.3) is 0 Å². The lowest BCUT2D eigenvalue weighted by molar-refractivity contribution is -0.247. The van der Waals surface area contributed by atoms with Crippen LogP contribution in [0.1, 0.15) is 32.1 Å². The molecule has 4 rings (SSSR count). The Kier molecular flexibility index (Phi) is 2.30. The highest BCUT2D eigenvalue weighted by molar-refractivity contribution is 5.00. The molecule has 5 unspecified atom stereocenters. The van der Waals surface area contributed by atoms with E-state index in [4.69, 9.17) is 18.9 Å². The van der Waals surface area contributed by atoms with Crippen LogP contribution in [0.15, 0.2) is 0 Å². The minimum Gasteiger partial charge on any atom is -0.387 e. The van der Waals surface area contributed by atoms with E-state index in [1.165, 1.54) is 6.42 Å². The Balaban J connectivity index is 1.49. The average molecular weight is 242 g/mol. The summed E-state index contributed by atoms with van der Waals surface area (Å²) >= 11 is 0. The van der Waals surface area contributed by atoms with Crippen molar-refractivity contribution in [2.24, 2.45) is 0 Å². The molecule has 5 heteroatoms. The molecule has 3 aliphatic heterocycles. The summed E-state index contributed by atoms with van der Waals surface area (Å²) in [4.78, 5) is 0. The number of rotatable bonds is 1. The molecule has 3 saturated heterocycles. The van der Waals surface area contributed by atoms with Gasteiger partial charge in [0.25, 0.3) is 0 Å². The third-order valence-corrected chi connectivity index (χ3v) is 4.26. The maximum absolute atomic E-state index is 10.2. The summed E-state index contributed by atoms with van der Waals surface area (Å²) in [6.45, 7) is 0.673. The Labute approximate surface area is 100.0 Å². The van der Waals surface area contributed by atoms with E-state index in [9.17, 15) is 5.11 Å². The quantitative estimate of drug-likeness (QED) is 0.680. The lowest BCUT2D eigenvalue weighted by atomic mass is 9.94. The SMILES string of the molecule is OC1C(C2CO2)OC2OC3(CCCCC3)OC21. The van der Waals surface area contributed by atoms with Crippen molar-refractivity contribution in [3.8, 4) is 0 Å². The number of hydrogen-bond donors (Lipinski definition) is 1. The summed E-state index contributed by atoms with van der Waals surface area (Å²) in [6.07, 6.45) is 3.74. The monoisotopic (exact) mass is 242 g/mol. The Morgan fingerprint density at radius 2 is 1.76 bits per heavy atom. The van der Waals surface area contributed by atoms with Gasteiger partial charge in [-0.25, -0.2) is 0 Å². The first-order valence-electron chi connectivity index (χ1n) is 6.58. The van der Waals surface area contributed by atoms with E-state index in [1.807, 2.05) is 0 Å². The first kappa shape index (κ1) is 10.7. The van der Waals surface area contributed by atoms with Gasteiger partial charge in [0.2, 0.25) is 0 Å². The summed E-state index contributed by atoms with van der Waals surface area (Å²) in [7, 11) is 0. The molecule has 17 heavy (non-hydrogen) atoms. The van der Waals surface area contributed by atoms with Crippen molar-refractivity contribution in [1.29, 1.82) is 0 Å². The highest BCUT2D eigenvalue weighted by atomic mass is 16.8. The average Bonchev–Trinajstić information content (AvgIpc) is 3.06. The van der Waals surface area contributed by atoms with Crippen molar-refractivity contribution in [2.45, 2.75) is 68.6 Å². The summed E-state index contributed by atoms with van der Waals surface area (Å²) in [5.41, 5.74) is 0. The Morgan fingerprint density at radius 1 is 1.00 bits per heavy atom. The Bertz CT molecular complexity index is 310. The van der Waals surface area contributed by atoms with Gasteiger partial charge in [-0.2, -0.15) is 0 Å². The van der Waals surface area contributed by atoms with Gasteiger partial charge in [0.1, 0.15) is 24.4 Å². The van der Waals surface area contributed by atoms with E-state index < -0.39 is 18.2 Å². The molecule has 1 spiro atoms. The van der Waals surface area contributed by atoms with Crippen molar-refractivity contribution in [1.82, 2.24) is 0 Å². The molecule has 0 aromatic rings. The number of hydrogen-bond acceptors (Lipinski definition) is 5. The highest BCUT2D eigenvalue weighted by Crippen LogP contribution is 2.46. The Hall–Kier alpha value is -0.200. The third kappa shape index (κ3) is 1.64. The van der Waals surface area contributed by atoms with E-state index in [2.05, 4.69) is 0 Å². The smallest absolute Gasteiger partial charge is 0.190 e. The molecule has 5 nitrogen and oxygen atoms in total. The standard InChI is InChI=1S/C12H18O5/c13-8-9(7-6-14-7)15-11-10(8)16-12(17-11)4-2-1-3-5-12/h7-11,13H,1-6H2. The van der Waals surface area contributed by atoms with Crippen molar-refractivity contribution in [2.75, 3.05) is 6.61 Å². The van der Waals surface area contributed by atoms with Crippen LogP contribution in [0.5, 0.6) is 0 Å². The number of aliphatic hydroxyl groups is 1. The molecular weight excluding hydrogens is 224 g/mol. The number of epoxide rings is 1. The van der Waals surface area contributed by atoms with Gasteiger partial charge in [0.15, 0.2) is 12.1 Å². The summed E-state index contributed by atoms with van der Waals surface area (Å²) in [5.74, 6) is -0.482. The van der Waals surface area contributed by atoms with Crippen LogP contribution in [-0.2, 0) is 18.9 Å². The number of fused-ring (bicyclic) bond motifs is 1. The van der Waals surface area contributed by atoms with Gasteiger partial charge in [-0.05, 0) is 12.8 Å². The Morgan fingerprint density at radius 3 is 2.41 bits per heavy atom. The second-order valence-corrected chi connectivity index (χ2v) is 5.50. The van der Waals surface area contributed by atoms with Crippen LogP contribution < -0.4 is 0 Å². The van der Waals surface area contributed by atoms with E-state index >= 15 is 0 Å². The molecule has 5 atom stereocenters. The summed E-state index contributed by atoms with van der Waals surface area (Å²) in [5, 5.41) is 10.2. The van der Waals surface area contributed by atoms with Crippen molar-refractivity contribution >= 4 is 0 Å². The fourth-order valence-electron chi connectivity index (χ4n) is 3.25. The molecule has 0 amide bonds. The molecule has 0 radical (unpaired) electrons. The molecule has 1 saturated carbocycles. The van der Waals surface area contributed by atoms with Gasteiger partial charge in [-0.15, -0.1) is 0 Å². The van der Waals surface area contributed by atoms with Gasteiger partial charge in [0, 0.05) is 12.8 Å². The van der Waals surface area contributed by atoms with Gasteiger partial charge >= 0.3 is 0 Å². The zero-order valence-corrected chi connectivity index (χ0v) is 9.71. The third-order valence-electron chi connectivity index (χ3n) is 4.26. The van der Waals surface area contributed by atoms with E-state index in [-0.39, 0.29) is 18.3 Å². The second kappa shape index (κ2) is 3.65. The van der Waals surface area contributed by atoms with Crippen LogP contribution in [0.2, 0.25) is 0 Å². The van der Waals surface area contributed by atoms with Gasteiger partial charge in [-0.1, -0.05) is 6.42 Å². The van der Waals surface area contributed by atoms with E-state index in [0.717, 1.165) is 25.7 Å². The maximum Gasteiger partial charge on any atom is 0.190 e. The molecule has 96 valence electrons. The van der Waals surface area contributed by atoms with Crippen LogP contribution in [0.4, 0.5) is 0 Å². The van der Waals surface area contributed by atoms with Gasteiger partial charge < -0.3 is 24.1 Å². The van der Waals surface area contributed by atoms with Crippen molar-refractivity contribution < 1.29 is 24.1 Å². The molecule has 4 fully saturated rings. The first-order valence-corrected chi connectivity index (χ1v) is 6.58. The molecule has 1 aliphatic carbocycles. The minimum absolute atomic E-state index is 0.0325. The molecule has 0 aromatic heterocycles. The van der Waals surface area contributed by atoms with Crippen LogP contribution >= 0.6 is 0 Å². The lowest BCUT2D eigenvalue weighted by Gasteiger charge is -2.33. The normalized spacial score (nSPS) is 51.7. The van der Waals surface area contributed by atoms with E-state index in [0.29, 0.717) is 6.61 Å². The van der Waals surface area contributed by atoms with Crippen LogP contribution in [0, 0.1) is 0 Å². The predicted octanol–water partition coefficient (Wildman–Crippen LogP) is 0.547. The number of ether oxygens (including phenoxy) is 4. The lowest BCUT2D eigenvalue weighted by Crippen LogP contribution is -2.40. The first-order chi connectivity index (χ1) is 8.27. The molecular formula is C12H18O5. The number of aliphatic hydroxyl groups excluding tert-OH is 1. The largest absolute Gasteiger partial charge is 0.387 e. The second-order valence-electron chi connectivity index (χ2n) is 5.50. The van der Waals surface area contributed by atoms with Gasteiger partial charge in [0.05, 0.1) is 6.61 Å².